The third-order valence-electron chi connectivity index (χ3n) is 10.2. The van der Waals surface area contributed by atoms with Gasteiger partial charge in [-0.15, -0.1) is 0 Å². The van der Waals surface area contributed by atoms with Gasteiger partial charge in [0.2, 0.25) is 0 Å². The van der Waals surface area contributed by atoms with Crippen molar-refractivity contribution in [3.8, 4) is 11.5 Å². The van der Waals surface area contributed by atoms with Gasteiger partial charge < -0.3 is 58.7 Å². The minimum Gasteiger partial charge on any atom is -0.504 e. The fraction of sp³-hybridized carbons (Fsp3) is 0.548. The maximum Gasteiger partial charge on any atom is 0.338 e. The number of carbonyl (C=O) groups excluding carboxylic acids is 2. The third kappa shape index (κ3) is 4.17. The van der Waals surface area contributed by atoms with Gasteiger partial charge in [0.15, 0.2) is 29.9 Å². The predicted octanol–water partition coefficient (Wildman–Crippen LogP) is 0.221. The molecule has 14 nitrogen and oxygen atoms in total. The molecule has 9 rings (SSSR count). The molecule has 3 aliphatic carbocycles. The summed E-state index contributed by atoms with van der Waals surface area (Å²) in [6.07, 6.45) is -8.76. The van der Waals surface area contributed by atoms with Gasteiger partial charge in [-0.25, -0.2) is 9.59 Å². The van der Waals surface area contributed by atoms with Crippen LogP contribution < -0.4 is 4.74 Å². The Labute approximate surface area is 256 Å². The topological polar surface area (TPSA) is 200 Å². The molecule has 11 atom stereocenters. The van der Waals surface area contributed by atoms with Crippen molar-refractivity contribution in [2.75, 3.05) is 20.3 Å². The van der Waals surface area contributed by atoms with E-state index in [4.69, 9.17) is 33.2 Å². The van der Waals surface area contributed by atoms with E-state index in [2.05, 4.69) is 0 Å². The second-order valence-corrected chi connectivity index (χ2v) is 12.5. The van der Waals surface area contributed by atoms with E-state index in [0.717, 1.165) is 0 Å². The zero-order chi connectivity index (χ0) is 31.9. The first-order valence-corrected chi connectivity index (χ1v) is 14.6. The molecule has 2 aromatic carbocycles. The van der Waals surface area contributed by atoms with Crippen LogP contribution in [0, 0.1) is 11.3 Å². The summed E-state index contributed by atoms with van der Waals surface area (Å²) in [7, 11) is 1.32. The lowest BCUT2D eigenvalue weighted by molar-refractivity contribution is -0.424. The summed E-state index contributed by atoms with van der Waals surface area (Å²) in [6.45, 7) is 0.968. The van der Waals surface area contributed by atoms with Crippen LogP contribution in [0.5, 0.6) is 11.5 Å². The number of aliphatic hydroxyl groups is 4. The van der Waals surface area contributed by atoms with Crippen LogP contribution in [0.2, 0.25) is 0 Å². The van der Waals surface area contributed by atoms with Gasteiger partial charge in [-0.3, -0.25) is 0 Å². The second kappa shape index (κ2) is 10.3. The minimum atomic E-state index is -1.75. The minimum absolute atomic E-state index is 0.0284. The Bertz CT molecular complexity index is 1500. The molecule has 2 aromatic rings. The summed E-state index contributed by atoms with van der Waals surface area (Å²) in [5, 5.41) is 53.6. The van der Waals surface area contributed by atoms with Gasteiger partial charge in [0.25, 0.3) is 0 Å². The van der Waals surface area contributed by atoms with Gasteiger partial charge >= 0.3 is 11.9 Å². The molecule has 6 bridgehead atoms. The van der Waals surface area contributed by atoms with Gasteiger partial charge in [-0.2, -0.15) is 0 Å². The van der Waals surface area contributed by atoms with Gasteiger partial charge in [0.1, 0.15) is 48.8 Å². The highest BCUT2D eigenvalue weighted by Crippen LogP contribution is 2.81. The Kier molecular flexibility index (Phi) is 6.96. The fourth-order valence-electron chi connectivity index (χ4n) is 7.91. The highest BCUT2D eigenvalue weighted by molar-refractivity contribution is 5.90. The lowest BCUT2D eigenvalue weighted by Gasteiger charge is -2.67. The molecule has 4 saturated heterocycles. The number of methoxy groups -OCH3 is 1. The Morgan fingerprint density at radius 1 is 0.956 bits per heavy atom. The molecule has 4 heterocycles. The smallest absolute Gasteiger partial charge is 0.338 e. The summed E-state index contributed by atoms with van der Waals surface area (Å²) < 4.78 is 40.7. The second-order valence-electron chi connectivity index (χ2n) is 12.5. The first-order chi connectivity index (χ1) is 21.4. The zero-order valence-corrected chi connectivity index (χ0v) is 24.4. The Balaban J connectivity index is 1.11. The molecular weight excluding hydrogens is 596 g/mol. The average molecular weight is 631 g/mol. The lowest BCUT2D eigenvalue weighted by Crippen LogP contribution is -2.80. The van der Waals surface area contributed by atoms with E-state index in [1.54, 1.807) is 37.3 Å². The van der Waals surface area contributed by atoms with E-state index in [1.165, 1.54) is 25.3 Å². The number of aliphatic hydroxyl groups excluding tert-OH is 3. The van der Waals surface area contributed by atoms with E-state index in [1.807, 2.05) is 0 Å². The predicted molar refractivity (Wildman–Crippen MR) is 147 cm³/mol. The van der Waals surface area contributed by atoms with Gasteiger partial charge in [-0.05, 0) is 43.7 Å². The van der Waals surface area contributed by atoms with Crippen LogP contribution in [0.25, 0.3) is 0 Å². The molecule has 14 heteroatoms. The molecule has 45 heavy (non-hydrogen) atoms. The van der Waals surface area contributed by atoms with Crippen LogP contribution in [-0.4, -0.2) is 112 Å². The van der Waals surface area contributed by atoms with E-state index >= 15 is 0 Å². The number of rotatable bonds is 9. The number of carbonyl (C=O) groups is 2. The summed E-state index contributed by atoms with van der Waals surface area (Å²) in [6, 6.07) is 12.2. The van der Waals surface area contributed by atoms with E-state index < -0.39 is 83.9 Å². The fourth-order valence-corrected chi connectivity index (χ4v) is 7.91. The Hall–Kier alpha value is -3.34. The first-order valence-electron chi connectivity index (χ1n) is 14.6. The molecule has 0 amide bonds. The van der Waals surface area contributed by atoms with Crippen molar-refractivity contribution in [2.45, 2.75) is 73.8 Å². The van der Waals surface area contributed by atoms with Crippen molar-refractivity contribution in [1.29, 1.82) is 0 Å². The van der Waals surface area contributed by atoms with Crippen LogP contribution in [0.15, 0.2) is 48.5 Å². The molecule has 0 unspecified atom stereocenters. The number of esters is 2. The SMILES string of the molecule is COc1cc(C(=O)OC[C@H]2O[C@@H](O[C@@]34C[C@@H]5[C@@]3(COC(=O)c3ccccc3)[C@H]3O[C@]5(O)C[C@]4(C)O3)[C@H](O)[C@@H](O)[C@@H]2O)ccc1O. The number of phenolic OH excluding ortho intramolecular Hbond substituents is 1. The number of phenols is 1. The largest absolute Gasteiger partial charge is 0.504 e. The maximum absolute atomic E-state index is 12.9. The van der Waals surface area contributed by atoms with Crippen molar-refractivity contribution in [2.24, 2.45) is 11.3 Å². The van der Waals surface area contributed by atoms with Gasteiger partial charge in [-0.1, -0.05) is 18.2 Å². The van der Waals surface area contributed by atoms with Crippen LogP contribution in [0.3, 0.4) is 0 Å². The van der Waals surface area contributed by atoms with Crippen LogP contribution in [0.1, 0.15) is 40.5 Å². The van der Waals surface area contributed by atoms with Crippen molar-refractivity contribution < 1.29 is 68.3 Å². The number of benzene rings is 2. The number of hydrogen-bond donors (Lipinski definition) is 5. The molecule has 4 aliphatic heterocycles. The molecule has 7 aliphatic rings. The summed E-state index contributed by atoms with van der Waals surface area (Å²) >= 11 is 0. The van der Waals surface area contributed by atoms with Crippen molar-refractivity contribution in [3.63, 3.8) is 0 Å². The normalized spacial score (nSPS) is 42.2. The van der Waals surface area contributed by atoms with Crippen LogP contribution in [0.4, 0.5) is 0 Å². The third-order valence-corrected chi connectivity index (χ3v) is 10.2. The first kappa shape index (κ1) is 30.3. The Morgan fingerprint density at radius 2 is 1.69 bits per heavy atom. The van der Waals surface area contributed by atoms with Crippen molar-refractivity contribution in [3.05, 3.63) is 59.7 Å². The van der Waals surface area contributed by atoms with Crippen molar-refractivity contribution in [1.82, 2.24) is 0 Å². The maximum atomic E-state index is 12.9. The average Bonchev–Trinajstić information content (AvgIpc) is 3.22. The quantitative estimate of drug-likeness (QED) is 0.236. The molecular formula is C31H34O14. The molecule has 3 saturated carbocycles. The molecule has 7 fully saturated rings. The van der Waals surface area contributed by atoms with E-state index in [0.29, 0.717) is 5.56 Å². The van der Waals surface area contributed by atoms with Gasteiger partial charge in [0.05, 0.1) is 23.7 Å². The number of hydrogen-bond acceptors (Lipinski definition) is 14. The van der Waals surface area contributed by atoms with E-state index in [9.17, 15) is 35.1 Å². The highest BCUT2D eigenvalue weighted by Gasteiger charge is 2.94. The zero-order valence-electron chi connectivity index (χ0n) is 24.4. The Morgan fingerprint density at radius 3 is 2.42 bits per heavy atom. The monoisotopic (exact) mass is 630 g/mol. The summed E-state index contributed by atoms with van der Waals surface area (Å²) in [5.74, 6) is -3.62. The standard InChI is InChI=1S/C31H34O14/c1-28-13-30(38)20-11-31(28,29(20,27(44-28)45-30)14-41-24(36)15-6-4-3-5-7-15)43-26-23(35)22(34)21(33)19(42-26)12-40-25(37)16-8-9-17(32)18(10-16)39-2/h3-10,19-23,26-27,32-35,38H,11-14H2,1-2H3/t19-,20-,21-,22+,23-,26+,27-,28+,29+,30-,31-/m1/s1. The van der Waals surface area contributed by atoms with E-state index in [-0.39, 0.29) is 36.5 Å². The van der Waals surface area contributed by atoms with Gasteiger partial charge in [0, 0.05) is 12.3 Å². The molecule has 0 spiro atoms. The van der Waals surface area contributed by atoms with Crippen LogP contribution in [-0.2, 0) is 28.4 Å². The van der Waals surface area contributed by atoms with Crippen LogP contribution >= 0.6 is 0 Å². The lowest BCUT2D eigenvalue weighted by atomic mass is 9.41. The molecule has 5 N–H and O–H groups in total. The summed E-state index contributed by atoms with van der Waals surface area (Å²) in [4.78, 5) is 25.6. The van der Waals surface area contributed by atoms with Crippen molar-refractivity contribution >= 4 is 11.9 Å². The molecule has 242 valence electrons. The summed E-state index contributed by atoms with van der Waals surface area (Å²) in [5.41, 5.74) is -3.26. The number of ether oxygens (including phenoxy) is 7. The highest BCUT2D eigenvalue weighted by atomic mass is 16.8. The molecule has 0 aromatic heterocycles. The molecule has 0 radical (unpaired) electrons. The number of aromatic hydroxyl groups is 1.